The second-order valence-electron chi connectivity index (χ2n) is 3.70. The molecular weight excluding hydrogens is 162 g/mol. The van der Waals surface area contributed by atoms with Crippen LogP contribution in [0.2, 0.25) is 0 Å². The van der Waals surface area contributed by atoms with Crippen molar-refractivity contribution in [1.82, 2.24) is 9.97 Å². The molecule has 1 atom stereocenters. The molecule has 0 unspecified atom stereocenters. The van der Waals surface area contributed by atoms with E-state index >= 15 is 0 Å². The van der Waals surface area contributed by atoms with Crippen molar-refractivity contribution in [3.05, 3.63) is 18.5 Å². The quantitative estimate of drug-likeness (QED) is 0.768. The molecule has 1 aliphatic carbocycles. The Balaban J connectivity index is 1.90. The lowest BCUT2D eigenvalue weighted by atomic mass is 9.80. The van der Waals surface area contributed by atoms with E-state index in [1.165, 1.54) is 19.3 Å². The molecular formula is C10H15N3. The first-order chi connectivity index (χ1) is 6.36. The largest absolute Gasteiger partial charge is 0.351 e. The lowest BCUT2D eigenvalue weighted by molar-refractivity contribution is 0.284. The number of nitrogens with zero attached hydrogens (tertiary/aromatic N) is 2. The topological polar surface area (TPSA) is 37.8 Å². The number of hydrogen-bond acceptors (Lipinski definition) is 3. The van der Waals surface area contributed by atoms with Crippen molar-refractivity contribution < 1.29 is 0 Å². The average Bonchev–Trinajstić information content (AvgIpc) is 2.02. The van der Waals surface area contributed by atoms with E-state index in [4.69, 9.17) is 0 Å². The Hall–Kier alpha value is -1.12. The molecule has 0 bridgehead atoms. The lowest BCUT2D eigenvalue weighted by Crippen LogP contribution is -2.31. The van der Waals surface area contributed by atoms with Crippen molar-refractivity contribution in [2.75, 3.05) is 5.32 Å². The van der Waals surface area contributed by atoms with Crippen molar-refractivity contribution in [2.24, 2.45) is 5.92 Å². The Bertz CT molecular complexity index is 256. The predicted molar refractivity (Wildman–Crippen MR) is 52.5 cm³/mol. The Kier molecular flexibility index (Phi) is 2.43. The van der Waals surface area contributed by atoms with Gasteiger partial charge in [-0.25, -0.2) is 9.97 Å². The van der Waals surface area contributed by atoms with E-state index in [0.717, 1.165) is 11.9 Å². The van der Waals surface area contributed by atoms with Crippen LogP contribution in [0.25, 0.3) is 0 Å². The minimum atomic E-state index is 0.510. The maximum Gasteiger partial charge on any atom is 0.222 e. The lowest BCUT2D eigenvalue weighted by Gasteiger charge is -2.31. The molecule has 1 saturated carbocycles. The molecule has 2 rings (SSSR count). The fourth-order valence-corrected chi connectivity index (χ4v) is 1.63. The van der Waals surface area contributed by atoms with Crippen LogP contribution in [0.5, 0.6) is 0 Å². The normalized spacial score (nSPS) is 19.2. The van der Waals surface area contributed by atoms with E-state index in [9.17, 15) is 0 Å². The van der Waals surface area contributed by atoms with Gasteiger partial charge in [-0.05, 0) is 31.7 Å². The molecule has 1 aliphatic rings. The third-order valence-electron chi connectivity index (χ3n) is 2.78. The fourth-order valence-electron chi connectivity index (χ4n) is 1.63. The highest BCUT2D eigenvalue weighted by Gasteiger charge is 2.23. The Morgan fingerprint density at radius 1 is 1.38 bits per heavy atom. The maximum atomic E-state index is 4.14. The van der Waals surface area contributed by atoms with Crippen molar-refractivity contribution in [3.8, 4) is 0 Å². The van der Waals surface area contributed by atoms with Crippen LogP contribution >= 0.6 is 0 Å². The highest BCUT2D eigenvalue weighted by Crippen LogP contribution is 2.30. The van der Waals surface area contributed by atoms with Gasteiger partial charge in [0, 0.05) is 18.4 Å². The smallest absolute Gasteiger partial charge is 0.222 e. The number of aromatic nitrogens is 2. The van der Waals surface area contributed by atoms with Crippen molar-refractivity contribution in [2.45, 2.75) is 32.2 Å². The van der Waals surface area contributed by atoms with Crippen LogP contribution in [0.3, 0.4) is 0 Å². The summed E-state index contributed by atoms with van der Waals surface area (Å²) in [4.78, 5) is 8.27. The summed E-state index contributed by atoms with van der Waals surface area (Å²) in [5.74, 6) is 1.57. The van der Waals surface area contributed by atoms with Gasteiger partial charge < -0.3 is 5.32 Å². The van der Waals surface area contributed by atoms with E-state index in [0.29, 0.717) is 6.04 Å². The van der Waals surface area contributed by atoms with E-state index < -0.39 is 0 Å². The monoisotopic (exact) mass is 177 g/mol. The predicted octanol–water partition coefficient (Wildman–Crippen LogP) is 2.08. The molecule has 0 saturated heterocycles. The molecule has 1 fully saturated rings. The first kappa shape index (κ1) is 8.48. The zero-order valence-electron chi connectivity index (χ0n) is 7.90. The summed E-state index contributed by atoms with van der Waals surface area (Å²) >= 11 is 0. The van der Waals surface area contributed by atoms with Gasteiger partial charge in [0.1, 0.15) is 0 Å². The molecule has 3 heteroatoms. The molecule has 0 aromatic carbocycles. The van der Waals surface area contributed by atoms with Crippen LogP contribution in [0, 0.1) is 5.92 Å². The van der Waals surface area contributed by atoms with Crippen LogP contribution < -0.4 is 5.32 Å². The summed E-state index contributed by atoms with van der Waals surface area (Å²) in [5.41, 5.74) is 0. The molecule has 1 N–H and O–H groups in total. The van der Waals surface area contributed by atoms with Crippen LogP contribution in [0.4, 0.5) is 5.95 Å². The number of hydrogen-bond donors (Lipinski definition) is 1. The van der Waals surface area contributed by atoms with Gasteiger partial charge in [0.05, 0.1) is 0 Å². The van der Waals surface area contributed by atoms with E-state index in [1.807, 2.05) is 6.07 Å². The molecule has 70 valence electrons. The van der Waals surface area contributed by atoms with E-state index in [-0.39, 0.29) is 0 Å². The SMILES string of the molecule is C[C@@H](Nc1ncccn1)C1CCC1. The van der Waals surface area contributed by atoms with Crippen molar-refractivity contribution in [1.29, 1.82) is 0 Å². The van der Waals surface area contributed by atoms with Gasteiger partial charge >= 0.3 is 0 Å². The van der Waals surface area contributed by atoms with Crippen LogP contribution in [0.1, 0.15) is 26.2 Å². The molecule has 1 aromatic rings. The van der Waals surface area contributed by atoms with E-state index in [1.54, 1.807) is 12.4 Å². The summed E-state index contributed by atoms with van der Waals surface area (Å²) in [7, 11) is 0. The summed E-state index contributed by atoms with van der Waals surface area (Å²) in [6.45, 7) is 2.21. The van der Waals surface area contributed by atoms with Gasteiger partial charge in [0.25, 0.3) is 0 Å². The summed E-state index contributed by atoms with van der Waals surface area (Å²) in [6.07, 6.45) is 7.61. The average molecular weight is 177 g/mol. The van der Waals surface area contributed by atoms with Gasteiger partial charge in [0.2, 0.25) is 5.95 Å². The third kappa shape index (κ3) is 1.97. The van der Waals surface area contributed by atoms with Crippen molar-refractivity contribution in [3.63, 3.8) is 0 Å². The van der Waals surface area contributed by atoms with Crippen molar-refractivity contribution >= 4 is 5.95 Å². The Labute approximate surface area is 78.6 Å². The second-order valence-corrected chi connectivity index (χ2v) is 3.70. The molecule has 0 aliphatic heterocycles. The van der Waals surface area contributed by atoms with Gasteiger partial charge in [-0.15, -0.1) is 0 Å². The highest BCUT2D eigenvalue weighted by molar-refractivity contribution is 5.24. The van der Waals surface area contributed by atoms with Crippen LogP contribution in [0.15, 0.2) is 18.5 Å². The zero-order valence-corrected chi connectivity index (χ0v) is 7.90. The zero-order chi connectivity index (χ0) is 9.10. The van der Waals surface area contributed by atoms with Gasteiger partial charge in [-0.2, -0.15) is 0 Å². The molecule has 1 aromatic heterocycles. The first-order valence-electron chi connectivity index (χ1n) is 4.90. The van der Waals surface area contributed by atoms with Gasteiger partial charge in [-0.1, -0.05) is 6.42 Å². The van der Waals surface area contributed by atoms with E-state index in [2.05, 4.69) is 22.2 Å². The molecule has 0 spiro atoms. The van der Waals surface area contributed by atoms with Gasteiger partial charge in [0.15, 0.2) is 0 Å². The molecule has 3 nitrogen and oxygen atoms in total. The number of anilines is 1. The molecule has 0 amide bonds. The minimum Gasteiger partial charge on any atom is -0.351 e. The standard InChI is InChI=1S/C10H15N3/c1-8(9-4-2-5-9)13-10-11-6-3-7-12-10/h3,6-9H,2,4-5H2,1H3,(H,11,12,13)/t8-/m1/s1. The molecule has 13 heavy (non-hydrogen) atoms. The maximum absolute atomic E-state index is 4.14. The summed E-state index contributed by atoms with van der Waals surface area (Å²) < 4.78 is 0. The number of nitrogens with one attached hydrogen (secondary N) is 1. The molecule has 0 radical (unpaired) electrons. The van der Waals surface area contributed by atoms with Crippen LogP contribution in [-0.2, 0) is 0 Å². The first-order valence-corrected chi connectivity index (χ1v) is 4.90. The minimum absolute atomic E-state index is 0.510. The summed E-state index contributed by atoms with van der Waals surface area (Å²) in [6, 6.07) is 2.34. The third-order valence-corrected chi connectivity index (χ3v) is 2.78. The summed E-state index contributed by atoms with van der Waals surface area (Å²) in [5, 5.41) is 3.32. The second kappa shape index (κ2) is 3.73. The Morgan fingerprint density at radius 2 is 2.08 bits per heavy atom. The molecule has 1 heterocycles. The fraction of sp³-hybridized carbons (Fsp3) is 0.600. The Morgan fingerprint density at radius 3 is 2.62 bits per heavy atom. The highest BCUT2D eigenvalue weighted by atomic mass is 15.1. The van der Waals surface area contributed by atoms with Crippen LogP contribution in [-0.4, -0.2) is 16.0 Å². The number of rotatable bonds is 3. The van der Waals surface area contributed by atoms with Gasteiger partial charge in [-0.3, -0.25) is 0 Å².